The van der Waals surface area contributed by atoms with E-state index < -0.39 is 298 Å². The zero-order valence-corrected chi connectivity index (χ0v) is 47.1. The van der Waals surface area contributed by atoms with Crippen LogP contribution in [0.4, 0.5) is 158 Å². The summed E-state index contributed by atoms with van der Waals surface area (Å²) in [4.78, 5) is 0. The first kappa shape index (κ1) is 81.6. The molecule has 92 heavy (non-hydrogen) atoms. The van der Waals surface area contributed by atoms with Crippen molar-refractivity contribution in [3.63, 3.8) is 0 Å². The van der Waals surface area contributed by atoms with E-state index in [0.717, 1.165) is 0 Å². The van der Waals surface area contributed by atoms with Crippen molar-refractivity contribution < 1.29 is 186 Å². The fourth-order valence-electron chi connectivity index (χ4n) is 9.82. The van der Waals surface area contributed by atoms with Crippen molar-refractivity contribution in [3.05, 3.63) is 105 Å². The number of hydrogen-bond donors (Lipinski definition) is 0. The van der Waals surface area contributed by atoms with Gasteiger partial charge in [-0.2, -0.15) is 158 Å². The van der Waals surface area contributed by atoms with Crippen LogP contribution in [0.2, 0.25) is 0 Å². The molecule has 3 aromatic carbocycles. The fraction of sp³-hybridized carbons (Fsp3) is 0.633. The van der Waals surface area contributed by atoms with Crippen molar-refractivity contribution >= 4 is 15.9 Å². The molecule has 0 spiro atoms. The lowest BCUT2D eigenvalue weighted by atomic mass is 9.82. The number of benzene rings is 3. The molecule has 0 radical (unpaired) electrons. The van der Waals surface area contributed by atoms with Gasteiger partial charge in [-0.3, -0.25) is 0 Å². The van der Waals surface area contributed by atoms with E-state index in [9.17, 15) is 105 Å². The number of alkyl halides is 37. The summed E-state index contributed by atoms with van der Waals surface area (Å²) in [6.07, 6.45) is -94.2. The Morgan fingerprint density at radius 3 is 0.533 bits per heavy atom. The third kappa shape index (κ3) is 14.1. The average molecular weight is 1490 g/mol. The van der Waals surface area contributed by atoms with E-state index in [-0.39, 0.29) is 0 Å². The first-order chi connectivity index (χ1) is 41.0. The van der Waals surface area contributed by atoms with Gasteiger partial charge in [-0.25, -0.2) is 0 Å². The van der Waals surface area contributed by atoms with Gasteiger partial charge in [-0.1, -0.05) is 52.3 Å². The van der Waals surface area contributed by atoms with Crippen LogP contribution in [0.5, 0.6) is 0 Å². The number of halogens is 37. The molecule has 0 bridgehead atoms. The highest BCUT2D eigenvalue weighted by molar-refractivity contribution is 9.09. The van der Waals surface area contributed by atoms with Crippen LogP contribution in [-0.2, 0) is 81.3 Å². The first-order valence-corrected chi connectivity index (χ1v) is 25.4. The summed E-state index contributed by atoms with van der Waals surface area (Å²) in [6.45, 7) is -4.92. The van der Waals surface area contributed by atoms with E-state index in [0.29, 0.717) is 0 Å². The maximum Gasteiger partial charge on any atom is 0.430 e. The van der Waals surface area contributed by atoms with E-state index in [4.69, 9.17) is 0 Å². The second-order valence-electron chi connectivity index (χ2n) is 19.3. The normalized spacial score (nSPS) is 15.2. The minimum Gasteiger partial charge on any atom is -0.357 e. The summed E-state index contributed by atoms with van der Waals surface area (Å²) in [5.74, 6) is 0. The molecule has 530 valence electrons. The molecule has 6 nitrogen and oxygen atoms in total. The zero-order chi connectivity index (χ0) is 72.2. The first-order valence-electron chi connectivity index (χ1n) is 24.3. The molecule has 0 unspecified atom stereocenters. The second kappa shape index (κ2) is 26.4. The maximum absolute atomic E-state index is 15.4. The van der Waals surface area contributed by atoms with Crippen LogP contribution in [0.25, 0.3) is 0 Å². The van der Waals surface area contributed by atoms with Crippen molar-refractivity contribution in [2.24, 2.45) is 0 Å². The molecule has 0 heterocycles. The Morgan fingerprint density at radius 1 is 0.239 bits per heavy atom. The Labute approximate surface area is 499 Å². The number of hydrogen-bond acceptors (Lipinski definition) is 6. The van der Waals surface area contributed by atoms with Crippen LogP contribution >= 0.6 is 15.9 Å². The van der Waals surface area contributed by atoms with Crippen LogP contribution in [0.3, 0.4) is 0 Å². The summed E-state index contributed by atoms with van der Waals surface area (Å²) in [7, 11) is -1.73. The molecule has 0 fully saturated rings. The lowest BCUT2D eigenvalue weighted by molar-refractivity contribution is -0.392. The molecule has 0 N–H and O–H groups in total. The van der Waals surface area contributed by atoms with Crippen molar-refractivity contribution in [2.45, 2.75) is 146 Å². The van der Waals surface area contributed by atoms with Gasteiger partial charge >= 0.3 is 74.1 Å². The predicted molar refractivity (Wildman–Crippen MR) is 241 cm³/mol. The Bertz CT molecular complexity index is 2560. The highest BCUT2D eigenvalue weighted by Gasteiger charge is 2.80. The topological polar surface area (TPSA) is 55.4 Å². The lowest BCUT2D eigenvalue weighted by Gasteiger charge is -2.40. The standard InChI is InChI=1S/C49H39BrF36O6/c1-87-32(38(51,52)53,39(54,55)56)26-14-24(15-27(20-26)33(88-2,40(57,58)59)41(60,61)62)9-6-12-91-36(46(75,76)77,47(78,79)80)30-18-23(8-5-11-50)19-31(22-30)37(48(81,82)83,49(84,85)86)92-13-7-10-25-16-28(34(89-3,42(63,64)65)43(66,67)68)21-29(17-25)35(90-4,44(69,70)71)45(72,73)74/h14-22H,5-13H2,1-4H3. The van der Waals surface area contributed by atoms with Crippen LogP contribution in [0.1, 0.15) is 69.3 Å². The van der Waals surface area contributed by atoms with Gasteiger partial charge in [-0.15, -0.1) is 0 Å². The van der Waals surface area contributed by atoms with E-state index in [1.54, 1.807) is 0 Å². The van der Waals surface area contributed by atoms with Crippen LogP contribution in [0, 0.1) is 0 Å². The van der Waals surface area contributed by atoms with Crippen molar-refractivity contribution in [3.8, 4) is 0 Å². The SMILES string of the molecule is COC(c1cc(CCCOC(c2cc(CCCBr)cc(C(OCCCc3cc(C(OC)(C(F)(F)F)C(F)(F)F)cc(C(OC)(C(F)(F)F)C(F)(F)F)c3)(C(F)(F)F)C(F)(F)F)c2)(C(F)(F)F)C(F)(F)F)cc(C(OC)(C(F)(F)F)C(F)(F)F)c1)(C(F)(F)F)C(F)(F)F. The largest absolute Gasteiger partial charge is 0.430 e. The number of rotatable bonds is 23. The average Bonchev–Trinajstić information content (AvgIpc) is 0.728. The molecule has 0 aliphatic rings. The highest BCUT2D eigenvalue weighted by Crippen LogP contribution is 2.61. The summed E-state index contributed by atoms with van der Waals surface area (Å²) in [5, 5.41) is -0.470. The van der Waals surface area contributed by atoms with Gasteiger partial charge in [0.1, 0.15) is 0 Å². The molecule has 0 aliphatic heterocycles. The minimum atomic E-state index is -7.30. The fourth-order valence-corrected chi connectivity index (χ4v) is 10.1. The molecule has 0 aromatic heterocycles. The van der Waals surface area contributed by atoms with Crippen LogP contribution < -0.4 is 0 Å². The van der Waals surface area contributed by atoms with Gasteiger partial charge in [0.05, 0.1) is 0 Å². The molecule has 3 aromatic rings. The Balaban J connectivity index is 2.46. The molecule has 0 atom stereocenters. The molecule has 0 amide bonds. The zero-order valence-electron chi connectivity index (χ0n) is 45.5. The third-order valence-corrected chi connectivity index (χ3v) is 14.4. The third-order valence-electron chi connectivity index (χ3n) is 13.9. The maximum atomic E-state index is 15.4. The van der Waals surface area contributed by atoms with E-state index in [2.05, 4.69) is 44.4 Å². The van der Waals surface area contributed by atoms with Crippen molar-refractivity contribution in [2.75, 3.05) is 47.0 Å². The van der Waals surface area contributed by atoms with Gasteiger partial charge in [0, 0.05) is 80.4 Å². The number of methoxy groups -OCH3 is 4. The van der Waals surface area contributed by atoms with Crippen molar-refractivity contribution in [1.29, 1.82) is 0 Å². The van der Waals surface area contributed by atoms with E-state index >= 15 is 52.7 Å². The molecule has 3 rings (SSSR count). The molecule has 0 aliphatic carbocycles. The van der Waals surface area contributed by atoms with Crippen molar-refractivity contribution in [1.82, 2.24) is 0 Å². The molecular formula is C49H39BrF36O6. The monoisotopic (exact) mass is 1490 g/mol. The van der Waals surface area contributed by atoms with Crippen LogP contribution in [0.15, 0.2) is 54.6 Å². The van der Waals surface area contributed by atoms with Crippen LogP contribution in [-0.4, -0.2) is 121 Å². The molecule has 0 saturated carbocycles. The lowest BCUT2D eigenvalue weighted by Crippen LogP contribution is -2.58. The Hall–Kier alpha value is -4.62. The van der Waals surface area contributed by atoms with Gasteiger partial charge < -0.3 is 28.4 Å². The predicted octanol–water partition coefficient (Wildman–Crippen LogP) is 18.8. The molecule has 43 heteroatoms. The second-order valence-corrected chi connectivity index (χ2v) is 20.1. The molecule has 0 saturated heterocycles. The smallest absolute Gasteiger partial charge is 0.357 e. The van der Waals surface area contributed by atoms with Gasteiger partial charge in [0.15, 0.2) is 0 Å². The minimum absolute atomic E-state index is 0.425. The van der Waals surface area contributed by atoms with Gasteiger partial charge in [0.2, 0.25) is 0 Å². The summed E-state index contributed by atoms with van der Waals surface area (Å²) < 4.78 is 552. The number of ether oxygens (including phenoxy) is 6. The molecular weight excluding hydrogens is 1450 g/mol. The Kier molecular flexibility index (Phi) is 23.4. The summed E-state index contributed by atoms with van der Waals surface area (Å²) >= 11 is 2.68. The summed E-state index contributed by atoms with van der Waals surface area (Å²) in [6, 6.07) is -6.35. The van der Waals surface area contributed by atoms with Gasteiger partial charge in [0.25, 0.3) is 33.6 Å². The quantitative estimate of drug-likeness (QED) is 0.0536. The van der Waals surface area contributed by atoms with Gasteiger partial charge in [-0.05, 0) is 73.4 Å². The van der Waals surface area contributed by atoms with E-state index in [1.165, 1.54) is 0 Å². The number of aryl methyl sites for hydroxylation is 3. The highest BCUT2D eigenvalue weighted by atomic mass is 79.9. The Morgan fingerprint density at radius 2 is 0.391 bits per heavy atom. The van der Waals surface area contributed by atoms with E-state index in [1.807, 2.05) is 0 Å². The summed E-state index contributed by atoms with van der Waals surface area (Å²) in [5.41, 5.74) is -58.2.